The van der Waals surface area contributed by atoms with Crippen molar-refractivity contribution in [3.63, 3.8) is 0 Å². The minimum atomic E-state index is -1.53. The normalized spacial score (nSPS) is 7.11. The third-order valence-corrected chi connectivity index (χ3v) is 0.291. The summed E-state index contributed by atoms with van der Waals surface area (Å²) in [4.78, 5) is 24.0. The molecule has 6 heteroatoms. The monoisotopic (exact) mass is 130 g/mol. The van der Waals surface area contributed by atoms with Crippen LogP contribution in [0.2, 0.25) is 0 Å². The van der Waals surface area contributed by atoms with Gasteiger partial charge in [0.15, 0.2) is 0 Å². The Morgan fingerprint density at radius 2 is 1.44 bits per heavy atom. The fourth-order valence-electron chi connectivity index (χ4n) is 0.111. The lowest BCUT2D eigenvalue weighted by Gasteiger charge is -1.69. The molecule has 0 aromatic rings. The van der Waals surface area contributed by atoms with E-state index >= 15 is 0 Å². The topological polar surface area (TPSA) is 99.3 Å². The highest BCUT2D eigenvalue weighted by molar-refractivity contribution is 5.79. The van der Waals surface area contributed by atoms with Gasteiger partial charge in [-0.15, -0.1) is 9.98 Å². The maximum atomic E-state index is 9.50. The first-order valence-electron chi connectivity index (χ1n) is 1.75. The van der Waals surface area contributed by atoms with Gasteiger partial charge in [0.05, 0.1) is 0 Å². The van der Waals surface area contributed by atoms with Crippen LogP contribution < -0.4 is 0 Å². The number of amides is 2. The third-order valence-electron chi connectivity index (χ3n) is 0.291. The molecule has 2 amide bonds. The van der Waals surface area contributed by atoms with E-state index in [1.54, 1.807) is 0 Å². The molecule has 0 unspecified atom stereocenters. The summed E-state index contributed by atoms with van der Waals surface area (Å²) in [6, 6.07) is 1.44. The van der Waals surface area contributed by atoms with E-state index in [1.165, 1.54) is 6.01 Å². The largest absolute Gasteiger partial charge is 0.463 e. The van der Waals surface area contributed by atoms with Gasteiger partial charge in [0.2, 0.25) is 0 Å². The average molecular weight is 130 g/mol. The Bertz CT molecular complexity index is 172. The van der Waals surface area contributed by atoms with Gasteiger partial charge in [-0.3, -0.25) is 0 Å². The van der Waals surface area contributed by atoms with Crippen molar-refractivity contribution in [3.05, 3.63) is 0 Å². The number of hydrogen-bond donors (Lipinski definition) is 2. The first-order chi connectivity index (χ1) is 4.13. The second kappa shape index (κ2) is 3.34. The van der Waals surface area contributed by atoms with E-state index in [0.717, 1.165) is 0 Å². The number of carboxylic acid groups (broad SMARTS) is 2. The molecular weight excluding hydrogens is 128 g/mol. The molecule has 2 N–H and O–H groups in total. The summed E-state index contributed by atoms with van der Waals surface area (Å²) < 4.78 is 0. The predicted octanol–water partition coefficient (Wildman–Crippen LogP) is 0.516. The fourth-order valence-corrected chi connectivity index (χ4v) is 0.111. The molecule has 0 heterocycles. The van der Waals surface area contributed by atoms with Gasteiger partial charge in [0.25, 0.3) is 0 Å². The van der Waals surface area contributed by atoms with Crippen molar-refractivity contribution in [1.82, 2.24) is 0 Å². The number of aliphatic imine (C=N–C) groups is 2. The van der Waals surface area contributed by atoms with Gasteiger partial charge < -0.3 is 10.2 Å². The molecule has 0 aliphatic heterocycles. The third kappa shape index (κ3) is 6.32. The molecule has 0 atom stereocenters. The molecular formula is C3H2N2O4. The molecule has 6 nitrogen and oxygen atoms in total. The van der Waals surface area contributed by atoms with Crippen molar-refractivity contribution >= 4 is 18.2 Å². The Morgan fingerprint density at radius 3 is 1.67 bits per heavy atom. The molecule has 0 saturated heterocycles. The van der Waals surface area contributed by atoms with E-state index in [4.69, 9.17) is 10.2 Å². The van der Waals surface area contributed by atoms with Gasteiger partial charge in [0.1, 0.15) is 6.01 Å². The van der Waals surface area contributed by atoms with Gasteiger partial charge in [-0.05, 0) is 0 Å². The summed E-state index contributed by atoms with van der Waals surface area (Å²) in [5.41, 5.74) is 0. The highest BCUT2D eigenvalue weighted by atomic mass is 16.4. The maximum absolute atomic E-state index is 9.50. The predicted molar refractivity (Wildman–Crippen MR) is 25.9 cm³/mol. The molecule has 0 aliphatic carbocycles. The average Bonchev–Trinajstić information content (AvgIpc) is 1.63. The fraction of sp³-hybridized carbons (Fsp3) is 0. The molecule has 0 saturated carbocycles. The van der Waals surface area contributed by atoms with Crippen LogP contribution >= 0.6 is 0 Å². The zero-order chi connectivity index (χ0) is 7.28. The van der Waals surface area contributed by atoms with Gasteiger partial charge in [0, 0.05) is 0 Å². The summed E-state index contributed by atoms with van der Waals surface area (Å²) >= 11 is 0. The number of carbonyl (C=O) groups is 2. The van der Waals surface area contributed by atoms with Crippen LogP contribution in [0.25, 0.3) is 0 Å². The van der Waals surface area contributed by atoms with Gasteiger partial charge in [-0.25, -0.2) is 9.59 Å². The Hall–Kier alpha value is -1.68. The Morgan fingerprint density at radius 1 is 1.11 bits per heavy atom. The van der Waals surface area contributed by atoms with Crippen molar-refractivity contribution in [2.75, 3.05) is 0 Å². The van der Waals surface area contributed by atoms with E-state index in [1.807, 2.05) is 0 Å². The number of hydrogen-bond acceptors (Lipinski definition) is 2. The van der Waals surface area contributed by atoms with Crippen molar-refractivity contribution in [2.45, 2.75) is 0 Å². The number of nitrogens with zero attached hydrogens (tertiary/aromatic N) is 2. The van der Waals surface area contributed by atoms with Crippen molar-refractivity contribution in [2.24, 2.45) is 9.98 Å². The highest BCUT2D eigenvalue weighted by Crippen LogP contribution is 1.68. The van der Waals surface area contributed by atoms with E-state index in [9.17, 15) is 9.59 Å². The quantitative estimate of drug-likeness (QED) is 0.466. The Labute approximate surface area is 49.2 Å². The lowest BCUT2D eigenvalue weighted by molar-refractivity contribution is 0.206. The molecule has 0 fully saturated rings. The summed E-state index contributed by atoms with van der Waals surface area (Å²) in [6.45, 7) is 0. The highest BCUT2D eigenvalue weighted by Gasteiger charge is 1.85. The minimum absolute atomic E-state index is 1.44. The molecule has 0 aliphatic rings. The first kappa shape index (κ1) is 7.32. The van der Waals surface area contributed by atoms with E-state index in [2.05, 4.69) is 9.98 Å². The first-order valence-corrected chi connectivity index (χ1v) is 1.75. The lowest BCUT2D eigenvalue weighted by atomic mass is 11.1. The molecule has 48 valence electrons. The van der Waals surface area contributed by atoms with Gasteiger partial charge >= 0.3 is 12.2 Å². The molecule has 0 aromatic carbocycles. The van der Waals surface area contributed by atoms with E-state index in [-0.39, 0.29) is 0 Å². The standard InChI is InChI=1S/C3H2N2O4/c6-2(7)4-1-5-3(8)9/h(H,6,7)(H,8,9). The van der Waals surface area contributed by atoms with Crippen LogP contribution in [0.3, 0.4) is 0 Å². The van der Waals surface area contributed by atoms with Crippen LogP contribution in [0, 0.1) is 0 Å². The van der Waals surface area contributed by atoms with Crippen LogP contribution in [0.15, 0.2) is 9.98 Å². The second-order valence-corrected chi connectivity index (χ2v) is 0.889. The second-order valence-electron chi connectivity index (χ2n) is 0.889. The zero-order valence-corrected chi connectivity index (χ0v) is 4.11. The van der Waals surface area contributed by atoms with Crippen LogP contribution in [-0.4, -0.2) is 28.4 Å². The van der Waals surface area contributed by atoms with Crippen LogP contribution in [0.5, 0.6) is 0 Å². The Kier molecular flexibility index (Phi) is 2.72. The van der Waals surface area contributed by atoms with Crippen molar-refractivity contribution < 1.29 is 19.8 Å². The minimum Gasteiger partial charge on any atom is -0.463 e. The molecule has 0 aromatic heterocycles. The zero-order valence-electron chi connectivity index (χ0n) is 4.11. The van der Waals surface area contributed by atoms with Crippen LogP contribution in [0.1, 0.15) is 0 Å². The molecule has 9 heavy (non-hydrogen) atoms. The lowest BCUT2D eigenvalue weighted by Crippen LogP contribution is -1.85. The van der Waals surface area contributed by atoms with Crippen molar-refractivity contribution in [1.29, 1.82) is 0 Å². The summed E-state index contributed by atoms with van der Waals surface area (Å²) in [6.07, 6.45) is -3.06. The van der Waals surface area contributed by atoms with Gasteiger partial charge in [-0.2, -0.15) is 0 Å². The number of rotatable bonds is 0. The summed E-state index contributed by atoms with van der Waals surface area (Å²) in [7, 11) is 0. The SMILES string of the molecule is O=C(O)N=C=NC(=O)O. The summed E-state index contributed by atoms with van der Waals surface area (Å²) in [5.74, 6) is 0. The van der Waals surface area contributed by atoms with Crippen LogP contribution in [-0.2, 0) is 0 Å². The maximum Gasteiger partial charge on any atom is 0.440 e. The molecule has 0 spiro atoms. The van der Waals surface area contributed by atoms with Gasteiger partial charge in [-0.1, -0.05) is 0 Å². The van der Waals surface area contributed by atoms with E-state index in [0.29, 0.717) is 0 Å². The summed E-state index contributed by atoms with van der Waals surface area (Å²) in [5, 5.41) is 15.5. The molecule has 0 rings (SSSR count). The molecule has 0 bridgehead atoms. The van der Waals surface area contributed by atoms with E-state index < -0.39 is 12.2 Å². The van der Waals surface area contributed by atoms with Crippen LogP contribution in [0.4, 0.5) is 9.59 Å². The smallest absolute Gasteiger partial charge is 0.440 e. The Balaban J connectivity index is 3.97. The molecule has 0 radical (unpaired) electrons. The van der Waals surface area contributed by atoms with Crippen molar-refractivity contribution in [3.8, 4) is 0 Å².